The Morgan fingerprint density at radius 2 is 1.58 bits per heavy atom. The van der Waals surface area contributed by atoms with Gasteiger partial charge in [-0.05, 0) is 43.2 Å². The molecule has 0 bridgehead atoms. The number of rotatable bonds is 9. The average Bonchev–Trinajstić information content (AvgIpc) is 3.15. The monoisotopic (exact) mass is 443 g/mol. The summed E-state index contributed by atoms with van der Waals surface area (Å²) in [6.07, 6.45) is 1.87. The summed E-state index contributed by atoms with van der Waals surface area (Å²) in [6, 6.07) is 16.3. The third-order valence-electron chi connectivity index (χ3n) is 4.87. The van der Waals surface area contributed by atoms with Gasteiger partial charge in [-0.3, -0.25) is 9.59 Å². The van der Waals surface area contributed by atoms with Crippen molar-refractivity contribution in [2.45, 2.75) is 31.6 Å². The Morgan fingerprint density at radius 3 is 2.06 bits per heavy atom. The van der Waals surface area contributed by atoms with E-state index in [0.717, 1.165) is 0 Å². The topological polar surface area (TPSA) is 125 Å². The minimum atomic E-state index is -3.97. The number of amides is 2. The quantitative estimate of drug-likeness (QED) is 0.453. The van der Waals surface area contributed by atoms with Crippen molar-refractivity contribution in [3.8, 4) is 11.5 Å². The molecule has 9 heteroatoms. The Morgan fingerprint density at radius 1 is 1.06 bits per heavy atom. The van der Waals surface area contributed by atoms with Gasteiger partial charge < -0.3 is 25.4 Å². The van der Waals surface area contributed by atoms with Crippen molar-refractivity contribution >= 4 is 19.4 Å². The fourth-order valence-corrected chi connectivity index (χ4v) is 5.56. The van der Waals surface area contributed by atoms with Gasteiger partial charge >= 0.3 is 7.60 Å². The predicted octanol–water partition coefficient (Wildman–Crippen LogP) is 3.04. The molecule has 1 aliphatic heterocycles. The molecule has 0 saturated carbocycles. The van der Waals surface area contributed by atoms with Crippen LogP contribution in [0.25, 0.3) is 0 Å². The number of nitrogens with two attached hydrogens (primary N) is 2. The van der Waals surface area contributed by atoms with Crippen LogP contribution >= 0.6 is 7.60 Å². The van der Waals surface area contributed by atoms with Crippen LogP contribution in [-0.2, 0) is 14.2 Å². The van der Waals surface area contributed by atoms with E-state index in [4.69, 9.17) is 20.5 Å². The zero-order chi connectivity index (χ0) is 22.4. The van der Waals surface area contributed by atoms with Crippen LogP contribution < -0.4 is 20.5 Å². The molecule has 31 heavy (non-hydrogen) atoms. The van der Waals surface area contributed by atoms with Crippen molar-refractivity contribution in [1.29, 1.82) is 0 Å². The van der Waals surface area contributed by atoms with E-state index < -0.39 is 31.2 Å². The normalized spacial score (nSPS) is 17.0. The molecule has 0 radical (unpaired) electrons. The summed E-state index contributed by atoms with van der Waals surface area (Å²) in [6.45, 7) is 1.97. The molecule has 1 heterocycles. The van der Waals surface area contributed by atoms with Crippen molar-refractivity contribution in [3.05, 3.63) is 72.3 Å². The molecule has 1 unspecified atom stereocenters. The first-order valence-electron chi connectivity index (χ1n) is 9.90. The van der Waals surface area contributed by atoms with Crippen molar-refractivity contribution in [2.24, 2.45) is 11.5 Å². The summed E-state index contributed by atoms with van der Waals surface area (Å²) in [4.78, 5) is 25.5. The van der Waals surface area contributed by atoms with Crippen LogP contribution in [0.15, 0.2) is 72.3 Å². The van der Waals surface area contributed by atoms with E-state index in [2.05, 4.69) is 0 Å². The zero-order valence-electron chi connectivity index (χ0n) is 17.2. The van der Waals surface area contributed by atoms with Gasteiger partial charge in [-0.15, -0.1) is 0 Å². The molecular formula is C22H26N3O5P. The van der Waals surface area contributed by atoms with Crippen molar-refractivity contribution in [2.75, 3.05) is 6.54 Å². The number of carbonyl (C=O) groups excluding carboxylic acids is 2. The van der Waals surface area contributed by atoms with E-state index in [1.54, 1.807) is 61.5 Å². The van der Waals surface area contributed by atoms with E-state index in [9.17, 15) is 14.2 Å². The van der Waals surface area contributed by atoms with Gasteiger partial charge in [0.05, 0.1) is 6.04 Å². The number of benzene rings is 2. The van der Waals surface area contributed by atoms with Gasteiger partial charge in [-0.2, -0.15) is 0 Å². The number of carbonyl (C=O) groups is 2. The molecule has 8 nitrogen and oxygen atoms in total. The van der Waals surface area contributed by atoms with Crippen LogP contribution in [-0.4, -0.2) is 35.1 Å². The highest BCUT2D eigenvalue weighted by atomic mass is 31.2. The largest absolute Gasteiger partial charge is 0.457 e. The van der Waals surface area contributed by atoms with Crippen LogP contribution in [0.4, 0.5) is 0 Å². The summed E-state index contributed by atoms with van der Waals surface area (Å²) in [5.74, 6) is -1.24. The van der Waals surface area contributed by atoms with Crippen LogP contribution in [0.5, 0.6) is 11.5 Å². The molecule has 2 aromatic carbocycles. The first-order valence-corrected chi connectivity index (χ1v) is 11.5. The van der Waals surface area contributed by atoms with Crippen LogP contribution in [0, 0.1) is 0 Å². The highest BCUT2D eigenvalue weighted by Gasteiger charge is 2.49. The average molecular weight is 443 g/mol. The summed E-state index contributed by atoms with van der Waals surface area (Å²) in [5, 5.41) is 0. The smallest absolute Gasteiger partial charge is 0.414 e. The van der Waals surface area contributed by atoms with E-state index in [0.29, 0.717) is 17.1 Å². The van der Waals surface area contributed by atoms with E-state index in [1.807, 2.05) is 12.1 Å². The van der Waals surface area contributed by atoms with Crippen molar-refractivity contribution in [3.63, 3.8) is 0 Å². The standard InChI is InChI=1S/C22H26N3O5P/c1-16-14-15-25(21(27)19(23)12-13-20(24)26)22(16)31(28,29-17-8-4-2-5-9-17)30-18-10-6-3-7-11-18/h2-11,14,19,22H,12-13,15,23H2,1H3,(H2,24,26)/t19-,22?/m0/s1. The number of para-hydroxylation sites is 2. The maximum Gasteiger partial charge on any atom is 0.457 e. The van der Waals surface area contributed by atoms with Gasteiger partial charge in [0.2, 0.25) is 11.8 Å². The van der Waals surface area contributed by atoms with Gasteiger partial charge in [-0.1, -0.05) is 42.5 Å². The van der Waals surface area contributed by atoms with Gasteiger partial charge in [0.15, 0.2) is 5.78 Å². The number of primary amides is 1. The second-order valence-electron chi connectivity index (χ2n) is 7.27. The molecule has 1 aliphatic rings. The molecule has 4 N–H and O–H groups in total. The first kappa shape index (κ1) is 22.6. The lowest BCUT2D eigenvalue weighted by molar-refractivity contribution is -0.132. The second kappa shape index (κ2) is 9.81. The maximum atomic E-state index is 14.2. The zero-order valence-corrected chi connectivity index (χ0v) is 18.1. The summed E-state index contributed by atoms with van der Waals surface area (Å²) >= 11 is 0. The number of hydrogen-bond donors (Lipinski definition) is 2. The van der Waals surface area contributed by atoms with Gasteiger partial charge in [0, 0.05) is 13.0 Å². The maximum absolute atomic E-state index is 14.2. The highest BCUT2D eigenvalue weighted by Crippen LogP contribution is 2.57. The van der Waals surface area contributed by atoms with Crippen molar-refractivity contribution in [1.82, 2.24) is 4.90 Å². The Kier molecular flexibility index (Phi) is 7.15. The molecule has 3 rings (SSSR count). The molecule has 0 fully saturated rings. The summed E-state index contributed by atoms with van der Waals surface area (Å²) in [7, 11) is -3.97. The lowest BCUT2D eigenvalue weighted by Gasteiger charge is -2.33. The predicted molar refractivity (Wildman–Crippen MR) is 117 cm³/mol. The fourth-order valence-electron chi connectivity index (χ4n) is 3.33. The molecule has 0 spiro atoms. The number of nitrogens with zero attached hydrogens (tertiary/aromatic N) is 1. The fraction of sp³-hybridized carbons (Fsp3) is 0.273. The Bertz CT molecular complexity index is 951. The second-order valence-corrected chi connectivity index (χ2v) is 9.21. The third kappa shape index (κ3) is 5.54. The lowest BCUT2D eigenvalue weighted by atomic mass is 10.1. The lowest BCUT2D eigenvalue weighted by Crippen LogP contribution is -2.47. The first-order chi connectivity index (χ1) is 14.8. The SMILES string of the molecule is CC1=CCN(C(=O)[C@@H](N)CCC(N)=O)C1P(=O)(Oc1ccccc1)Oc1ccccc1. The minimum Gasteiger partial charge on any atom is -0.414 e. The van der Waals surface area contributed by atoms with Crippen LogP contribution in [0.2, 0.25) is 0 Å². The molecule has 164 valence electrons. The van der Waals surface area contributed by atoms with Crippen LogP contribution in [0.3, 0.4) is 0 Å². The van der Waals surface area contributed by atoms with Crippen molar-refractivity contribution < 1.29 is 23.2 Å². The Hall–Kier alpha value is -3.09. The summed E-state index contributed by atoms with van der Waals surface area (Å²) < 4.78 is 26.0. The Balaban J connectivity index is 1.93. The molecule has 0 saturated heterocycles. The van der Waals surface area contributed by atoms with E-state index >= 15 is 0 Å². The Labute approximate surface area is 181 Å². The highest BCUT2D eigenvalue weighted by molar-refractivity contribution is 7.55. The third-order valence-corrected chi connectivity index (χ3v) is 7.08. The molecular weight excluding hydrogens is 417 g/mol. The molecule has 0 aliphatic carbocycles. The van der Waals surface area contributed by atoms with Gasteiger partial charge in [-0.25, -0.2) is 4.57 Å². The molecule has 0 aromatic heterocycles. The van der Waals surface area contributed by atoms with E-state index in [-0.39, 0.29) is 19.4 Å². The number of hydrogen-bond acceptors (Lipinski definition) is 6. The summed E-state index contributed by atoms with van der Waals surface area (Å²) in [5.41, 5.74) is 11.9. The minimum absolute atomic E-state index is 0.0173. The molecule has 2 atom stereocenters. The van der Waals surface area contributed by atoms with E-state index in [1.165, 1.54) is 4.90 Å². The molecule has 2 amide bonds. The van der Waals surface area contributed by atoms with Gasteiger partial charge in [0.25, 0.3) is 0 Å². The van der Waals surface area contributed by atoms with Crippen LogP contribution in [0.1, 0.15) is 19.8 Å². The van der Waals surface area contributed by atoms with Gasteiger partial charge in [0.1, 0.15) is 11.5 Å². The molecule has 2 aromatic rings.